The molecule has 0 amide bonds. The lowest BCUT2D eigenvalue weighted by molar-refractivity contribution is -0.141. The first-order valence-corrected chi connectivity index (χ1v) is 11.8. The van der Waals surface area contributed by atoms with Gasteiger partial charge in [-0.25, -0.2) is 0 Å². The maximum absolute atomic E-state index is 10.8. The predicted molar refractivity (Wildman–Crippen MR) is 122 cm³/mol. The molecule has 0 fully saturated rings. The van der Waals surface area contributed by atoms with Crippen molar-refractivity contribution in [3.8, 4) is 5.75 Å². The summed E-state index contributed by atoms with van der Waals surface area (Å²) in [4.78, 5) is 2.05. The smallest absolute Gasteiger partial charge is 0.121 e. The number of hydrogen-bond donors (Lipinski definition) is 4. The molecule has 1 heterocycles. The van der Waals surface area contributed by atoms with Crippen molar-refractivity contribution < 1.29 is 29.9 Å². The first-order valence-electron chi connectivity index (χ1n) is 11.8. The van der Waals surface area contributed by atoms with Crippen molar-refractivity contribution in [1.82, 2.24) is 0 Å². The summed E-state index contributed by atoms with van der Waals surface area (Å²) in [5.74, 6) is 0.801. The van der Waals surface area contributed by atoms with Crippen LogP contribution in [0.15, 0.2) is 24.3 Å². The molecule has 0 aromatic heterocycles. The van der Waals surface area contributed by atoms with Gasteiger partial charge in [-0.3, -0.25) is 0 Å². The minimum absolute atomic E-state index is 0.189. The van der Waals surface area contributed by atoms with Crippen LogP contribution >= 0.6 is 0 Å². The second kappa shape index (κ2) is 14.6. The summed E-state index contributed by atoms with van der Waals surface area (Å²) >= 11 is 0. The Hall–Kier alpha value is -1.38. The van der Waals surface area contributed by atoms with E-state index in [1.54, 1.807) is 0 Å². The molecule has 4 N–H and O–H groups in total. The standard InChI is InChI=1S/C24H41NO6/c1-2-3-4-7-13-25-17-21(27)23(29)24(22(28)18-26)31-15-9-6-5-8-14-30-20-12-10-11-19(25)16-20/h10-12,16,21-24,26-29H,2-9,13-15,17-18H2,1H3/t21-,22-,23-,24-/m1/s1. The summed E-state index contributed by atoms with van der Waals surface area (Å²) in [6.45, 7) is 3.56. The summed E-state index contributed by atoms with van der Waals surface area (Å²) in [5, 5.41) is 41.1. The molecule has 0 saturated heterocycles. The third kappa shape index (κ3) is 8.94. The average molecular weight is 440 g/mol. The molecule has 7 nitrogen and oxygen atoms in total. The van der Waals surface area contributed by atoms with Crippen molar-refractivity contribution in [2.24, 2.45) is 0 Å². The van der Waals surface area contributed by atoms with Gasteiger partial charge in [0.25, 0.3) is 0 Å². The summed E-state index contributed by atoms with van der Waals surface area (Å²) in [6, 6.07) is 7.83. The van der Waals surface area contributed by atoms with Crippen LogP contribution in [-0.4, -0.2) is 77.8 Å². The van der Waals surface area contributed by atoms with Crippen LogP contribution < -0.4 is 9.64 Å². The van der Waals surface area contributed by atoms with E-state index >= 15 is 0 Å². The van der Waals surface area contributed by atoms with E-state index < -0.39 is 31.0 Å². The Morgan fingerprint density at radius 3 is 2.58 bits per heavy atom. The molecule has 178 valence electrons. The zero-order chi connectivity index (χ0) is 22.5. The first-order chi connectivity index (χ1) is 15.1. The van der Waals surface area contributed by atoms with Gasteiger partial charge in [-0.05, 0) is 37.8 Å². The zero-order valence-electron chi connectivity index (χ0n) is 18.9. The van der Waals surface area contributed by atoms with Crippen LogP contribution in [0.25, 0.3) is 0 Å². The number of benzene rings is 1. The molecule has 7 heteroatoms. The van der Waals surface area contributed by atoms with E-state index in [0.29, 0.717) is 13.2 Å². The highest BCUT2D eigenvalue weighted by molar-refractivity contribution is 5.51. The number of nitrogens with zero attached hydrogens (tertiary/aromatic N) is 1. The number of rotatable bonds is 7. The monoisotopic (exact) mass is 439 g/mol. The highest BCUT2D eigenvalue weighted by Crippen LogP contribution is 2.24. The lowest BCUT2D eigenvalue weighted by Gasteiger charge is -2.34. The van der Waals surface area contributed by atoms with Gasteiger partial charge in [-0.2, -0.15) is 0 Å². The Labute approximate surface area is 186 Å². The van der Waals surface area contributed by atoms with Gasteiger partial charge >= 0.3 is 0 Å². The van der Waals surface area contributed by atoms with Crippen LogP contribution in [0, 0.1) is 0 Å². The third-order valence-electron chi connectivity index (χ3n) is 5.79. The lowest BCUT2D eigenvalue weighted by Crippen LogP contribution is -2.51. The van der Waals surface area contributed by atoms with Crippen LogP contribution in [0.3, 0.4) is 0 Å². The van der Waals surface area contributed by atoms with E-state index in [-0.39, 0.29) is 6.54 Å². The molecule has 0 unspecified atom stereocenters. The summed E-state index contributed by atoms with van der Waals surface area (Å²) in [6.07, 6.45) is 3.26. The first kappa shape index (κ1) is 25.9. The Kier molecular flexibility index (Phi) is 12.2. The molecule has 0 radical (unpaired) electrons. The van der Waals surface area contributed by atoms with Crippen LogP contribution in [0.4, 0.5) is 5.69 Å². The van der Waals surface area contributed by atoms with Gasteiger partial charge in [-0.15, -0.1) is 0 Å². The average Bonchev–Trinajstić information content (AvgIpc) is 2.78. The number of β-amino-alcohol motifs (C(OH)–C–C–N with tert-alkyl or cyclic N) is 1. The molecule has 0 aliphatic carbocycles. The van der Waals surface area contributed by atoms with E-state index in [0.717, 1.165) is 69.3 Å². The van der Waals surface area contributed by atoms with Crippen molar-refractivity contribution in [1.29, 1.82) is 0 Å². The minimum atomic E-state index is -1.31. The molecule has 1 aliphatic rings. The van der Waals surface area contributed by atoms with Gasteiger partial charge in [0.1, 0.15) is 24.1 Å². The lowest BCUT2D eigenvalue weighted by atomic mass is 10.0. The number of hydrogen-bond acceptors (Lipinski definition) is 7. The largest absolute Gasteiger partial charge is 0.494 e. The fraction of sp³-hybridized carbons (Fsp3) is 0.750. The predicted octanol–water partition coefficient (Wildman–Crippen LogP) is 2.49. The van der Waals surface area contributed by atoms with E-state index in [1.165, 1.54) is 0 Å². The van der Waals surface area contributed by atoms with Crippen LogP contribution in [0.5, 0.6) is 5.75 Å². The fourth-order valence-electron chi connectivity index (χ4n) is 3.89. The molecule has 0 saturated carbocycles. The highest BCUT2D eigenvalue weighted by Gasteiger charge is 2.33. The van der Waals surface area contributed by atoms with E-state index in [4.69, 9.17) is 9.47 Å². The Morgan fingerprint density at radius 1 is 1.06 bits per heavy atom. The van der Waals surface area contributed by atoms with Gasteiger partial charge in [0.15, 0.2) is 0 Å². The fourth-order valence-corrected chi connectivity index (χ4v) is 3.89. The quantitative estimate of drug-likeness (QED) is 0.484. The number of anilines is 1. The molecule has 1 aromatic rings. The summed E-state index contributed by atoms with van der Waals surface area (Å²) < 4.78 is 11.6. The Morgan fingerprint density at radius 2 is 1.84 bits per heavy atom. The van der Waals surface area contributed by atoms with Crippen molar-refractivity contribution in [2.45, 2.75) is 82.7 Å². The van der Waals surface area contributed by atoms with Crippen molar-refractivity contribution in [2.75, 3.05) is 37.8 Å². The maximum atomic E-state index is 10.8. The summed E-state index contributed by atoms with van der Waals surface area (Å²) in [7, 11) is 0. The van der Waals surface area contributed by atoms with Crippen LogP contribution in [0.1, 0.15) is 58.3 Å². The van der Waals surface area contributed by atoms with E-state index in [9.17, 15) is 20.4 Å². The van der Waals surface area contributed by atoms with Crippen molar-refractivity contribution in [3.05, 3.63) is 24.3 Å². The number of fused-ring (bicyclic) bond motifs is 2. The molecule has 1 aromatic carbocycles. The molecule has 4 atom stereocenters. The molecular formula is C24H41NO6. The second-order valence-electron chi connectivity index (χ2n) is 8.41. The van der Waals surface area contributed by atoms with E-state index in [2.05, 4.69) is 6.92 Å². The molecule has 1 aliphatic heterocycles. The van der Waals surface area contributed by atoms with E-state index in [1.807, 2.05) is 29.2 Å². The van der Waals surface area contributed by atoms with Gasteiger partial charge < -0.3 is 34.8 Å². The van der Waals surface area contributed by atoms with Crippen LogP contribution in [0.2, 0.25) is 0 Å². The number of ether oxygens (including phenoxy) is 2. The maximum Gasteiger partial charge on any atom is 0.121 e. The van der Waals surface area contributed by atoms with Gasteiger partial charge in [0.2, 0.25) is 0 Å². The minimum Gasteiger partial charge on any atom is -0.494 e. The molecule has 31 heavy (non-hydrogen) atoms. The number of aliphatic hydroxyl groups is 4. The second-order valence-corrected chi connectivity index (χ2v) is 8.41. The SMILES string of the molecule is CCCCCCN1C[C@@H](O)[C@@H](O)[C@@H]([C@H](O)CO)OCCCCCCOc2cccc1c2. The Balaban J connectivity index is 2.21. The third-order valence-corrected chi connectivity index (χ3v) is 5.79. The normalized spacial score (nSPS) is 25.1. The molecular weight excluding hydrogens is 398 g/mol. The number of aliphatic hydroxyl groups excluding tert-OH is 4. The van der Waals surface area contributed by atoms with Gasteiger partial charge in [-0.1, -0.05) is 38.7 Å². The molecule has 2 bridgehead atoms. The van der Waals surface area contributed by atoms with Gasteiger partial charge in [0, 0.05) is 31.5 Å². The summed E-state index contributed by atoms with van der Waals surface area (Å²) in [5.41, 5.74) is 0.924. The van der Waals surface area contributed by atoms with Crippen LogP contribution in [-0.2, 0) is 4.74 Å². The van der Waals surface area contributed by atoms with Crippen molar-refractivity contribution in [3.63, 3.8) is 0 Å². The molecule has 2 rings (SSSR count). The number of unbranched alkanes of at least 4 members (excludes halogenated alkanes) is 3. The molecule has 0 spiro atoms. The van der Waals surface area contributed by atoms with Crippen molar-refractivity contribution >= 4 is 5.69 Å². The Bertz CT molecular complexity index is 601. The van der Waals surface area contributed by atoms with Gasteiger partial charge in [0.05, 0.1) is 19.3 Å². The topological polar surface area (TPSA) is 103 Å². The zero-order valence-corrected chi connectivity index (χ0v) is 18.9. The highest BCUT2D eigenvalue weighted by atomic mass is 16.5.